The molecule has 3 heteroatoms. The minimum atomic E-state index is -0.0259. The summed E-state index contributed by atoms with van der Waals surface area (Å²) in [5, 5.41) is 0. The van der Waals surface area contributed by atoms with Crippen LogP contribution in [-0.2, 0) is 11.2 Å². The first-order chi connectivity index (χ1) is 9.61. The molecule has 2 atom stereocenters. The van der Waals surface area contributed by atoms with Crippen LogP contribution in [0.3, 0.4) is 0 Å². The van der Waals surface area contributed by atoms with Gasteiger partial charge in [0.2, 0.25) is 0 Å². The van der Waals surface area contributed by atoms with E-state index in [-0.39, 0.29) is 11.7 Å². The Labute approximate surface area is 129 Å². The molecular weight excluding hydrogens is 288 g/mol. The van der Waals surface area contributed by atoms with E-state index in [0.29, 0.717) is 12.3 Å². The van der Waals surface area contributed by atoms with Crippen LogP contribution in [0.1, 0.15) is 36.6 Å². The minimum Gasteiger partial charge on any atom is -0.299 e. The van der Waals surface area contributed by atoms with E-state index in [9.17, 15) is 4.79 Å². The molecule has 1 aromatic heterocycles. The largest absolute Gasteiger partial charge is 0.299 e. The summed E-state index contributed by atoms with van der Waals surface area (Å²) in [6.45, 7) is 4.28. The number of carbonyl (C=O) groups is 1. The fraction of sp³-hybridized carbons (Fsp3) is 0.353. The molecule has 0 aliphatic heterocycles. The molecule has 2 unspecified atom stereocenters. The van der Waals surface area contributed by atoms with Crippen molar-refractivity contribution in [1.82, 2.24) is 0 Å². The van der Waals surface area contributed by atoms with Gasteiger partial charge in [-0.3, -0.25) is 4.79 Å². The van der Waals surface area contributed by atoms with Gasteiger partial charge in [-0.1, -0.05) is 62.2 Å². The quantitative estimate of drug-likeness (QED) is 0.703. The zero-order valence-corrected chi connectivity index (χ0v) is 13.4. The van der Waals surface area contributed by atoms with Crippen LogP contribution in [0.5, 0.6) is 0 Å². The Kier molecular flexibility index (Phi) is 5.38. The Morgan fingerprint density at radius 1 is 1.20 bits per heavy atom. The van der Waals surface area contributed by atoms with Crippen molar-refractivity contribution >= 4 is 28.7 Å². The Morgan fingerprint density at radius 2 is 1.90 bits per heavy atom. The number of ketones is 1. The summed E-state index contributed by atoms with van der Waals surface area (Å²) in [6, 6.07) is 13.9. The second-order valence-corrected chi connectivity index (χ2v) is 6.92. The maximum atomic E-state index is 12.7. The van der Waals surface area contributed by atoms with E-state index in [0.717, 1.165) is 21.2 Å². The maximum Gasteiger partial charge on any atom is 0.145 e. The van der Waals surface area contributed by atoms with E-state index in [1.54, 1.807) is 0 Å². The number of thiophene rings is 1. The highest BCUT2D eigenvalue weighted by Gasteiger charge is 2.25. The molecule has 106 valence electrons. The third kappa shape index (κ3) is 3.71. The van der Waals surface area contributed by atoms with Gasteiger partial charge in [0.25, 0.3) is 0 Å². The molecule has 0 fully saturated rings. The molecule has 0 aliphatic rings. The van der Waals surface area contributed by atoms with E-state index in [1.165, 1.54) is 11.3 Å². The molecule has 2 aromatic rings. The van der Waals surface area contributed by atoms with Crippen molar-refractivity contribution in [1.29, 1.82) is 0 Å². The summed E-state index contributed by atoms with van der Waals surface area (Å²) in [5.41, 5.74) is 1.12. The Balaban J connectivity index is 2.20. The fourth-order valence-corrected chi connectivity index (χ4v) is 3.55. The molecule has 0 saturated carbocycles. The van der Waals surface area contributed by atoms with Crippen LogP contribution in [0, 0.1) is 5.92 Å². The van der Waals surface area contributed by atoms with Crippen molar-refractivity contribution in [2.45, 2.75) is 32.6 Å². The van der Waals surface area contributed by atoms with Crippen molar-refractivity contribution in [3.05, 3.63) is 57.2 Å². The van der Waals surface area contributed by atoms with Gasteiger partial charge in [-0.15, -0.1) is 11.3 Å². The molecule has 2 rings (SSSR count). The molecule has 0 amide bonds. The first kappa shape index (κ1) is 15.3. The van der Waals surface area contributed by atoms with Gasteiger partial charge in [-0.2, -0.15) is 0 Å². The topological polar surface area (TPSA) is 17.1 Å². The highest BCUT2D eigenvalue weighted by molar-refractivity contribution is 7.16. The second-order valence-electron chi connectivity index (χ2n) is 5.12. The molecule has 0 bridgehead atoms. The highest BCUT2D eigenvalue weighted by Crippen LogP contribution is 2.30. The SMILES string of the molecule is CCC(C)C(C(=O)Cc1ccc(Cl)s1)c1ccccc1. The number of halogens is 1. The summed E-state index contributed by atoms with van der Waals surface area (Å²) in [5.74, 6) is 0.603. The van der Waals surface area contributed by atoms with Crippen LogP contribution >= 0.6 is 22.9 Å². The smallest absolute Gasteiger partial charge is 0.145 e. The average molecular weight is 307 g/mol. The number of hydrogen-bond donors (Lipinski definition) is 0. The number of rotatable bonds is 6. The Bertz CT molecular complexity index is 561. The van der Waals surface area contributed by atoms with Crippen molar-refractivity contribution in [3.63, 3.8) is 0 Å². The van der Waals surface area contributed by atoms with Gasteiger partial charge in [0.15, 0.2) is 0 Å². The first-order valence-electron chi connectivity index (χ1n) is 6.93. The van der Waals surface area contributed by atoms with Gasteiger partial charge in [-0.05, 0) is 23.6 Å². The summed E-state index contributed by atoms with van der Waals surface area (Å²) in [6.07, 6.45) is 1.47. The van der Waals surface area contributed by atoms with E-state index >= 15 is 0 Å². The van der Waals surface area contributed by atoms with Gasteiger partial charge in [0.1, 0.15) is 5.78 Å². The predicted molar refractivity (Wildman–Crippen MR) is 86.7 cm³/mol. The standard InChI is InChI=1S/C17H19ClOS/c1-3-12(2)17(13-7-5-4-6-8-13)15(19)11-14-9-10-16(18)20-14/h4-10,12,17H,3,11H2,1-2H3. The molecule has 1 aromatic carbocycles. The Morgan fingerprint density at radius 3 is 2.45 bits per heavy atom. The lowest BCUT2D eigenvalue weighted by molar-refractivity contribution is -0.120. The van der Waals surface area contributed by atoms with Gasteiger partial charge in [0, 0.05) is 17.2 Å². The Hall–Kier alpha value is -1.12. The summed E-state index contributed by atoms with van der Waals surface area (Å²) >= 11 is 7.43. The summed E-state index contributed by atoms with van der Waals surface area (Å²) in [4.78, 5) is 13.7. The van der Waals surface area contributed by atoms with E-state index in [4.69, 9.17) is 11.6 Å². The normalized spacial score (nSPS) is 13.9. The third-order valence-electron chi connectivity index (χ3n) is 3.70. The molecular formula is C17H19ClOS. The third-order valence-corrected chi connectivity index (χ3v) is 4.93. The fourth-order valence-electron chi connectivity index (χ4n) is 2.46. The lowest BCUT2D eigenvalue weighted by Gasteiger charge is -2.22. The zero-order chi connectivity index (χ0) is 14.5. The molecule has 0 aliphatic carbocycles. The van der Waals surface area contributed by atoms with Crippen LogP contribution in [0.2, 0.25) is 4.34 Å². The minimum absolute atomic E-state index is 0.0259. The number of Topliss-reactive ketones (excluding diaryl/α,β-unsaturated/α-hetero) is 1. The number of carbonyl (C=O) groups excluding carboxylic acids is 1. The lowest BCUT2D eigenvalue weighted by Crippen LogP contribution is -2.21. The summed E-state index contributed by atoms with van der Waals surface area (Å²) < 4.78 is 0.743. The second kappa shape index (κ2) is 7.05. The maximum absolute atomic E-state index is 12.7. The molecule has 1 heterocycles. The first-order valence-corrected chi connectivity index (χ1v) is 8.13. The number of benzene rings is 1. The molecule has 0 radical (unpaired) electrons. The molecule has 0 spiro atoms. The molecule has 20 heavy (non-hydrogen) atoms. The van der Waals surface area contributed by atoms with Gasteiger partial charge in [0.05, 0.1) is 4.34 Å². The van der Waals surface area contributed by atoms with Gasteiger partial charge >= 0.3 is 0 Å². The average Bonchev–Trinajstić information content (AvgIpc) is 2.85. The molecule has 0 saturated heterocycles. The van der Waals surface area contributed by atoms with Gasteiger partial charge < -0.3 is 0 Å². The van der Waals surface area contributed by atoms with Crippen molar-refractivity contribution in [2.24, 2.45) is 5.92 Å². The highest BCUT2D eigenvalue weighted by atomic mass is 35.5. The zero-order valence-electron chi connectivity index (χ0n) is 11.8. The van der Waals surface area contributed by atoms with Crippen molar-refractivity contribution in [3.8, 4) is 0 Å². The monoisotopic (exact) mass is 306 g/mol. The predicted octanol–water partition coefficient (Wildman–Crippen LogP) is 5.34. The molecule has 0 N–H and O–H groups in total. The lowest BCUT2D eigenvalue weighted by atomic mass is 9.81. The summed E-state index contributed by atoms with van der Waals surface area (Å²) in [7, 11) is 0. The van der Waals surface area contributed by atoms with Crippen LogP contribution < -0.4 is 0 Å². The van der Waals surface area contributed by atoms with Crippen LogP contribution in [-0.4, -0.2) is 5.78 Å². The van der Waals surface area contributed by atoms with E-state index in [1.807, 2.05) is 30.3 Å². The van der Waals surface area contributed by atoms with E-state index < -0.39 is 0 Å². The van der Waals surface area contributed by atoms with Crippen LogP contribution in [0.4, 0.5) is 0 Å². The number of hydrogen-bond acceptors (Lipinski definition) is 2. The van der Waals surface area contributed by atoms with Gasteiger partial charge in [-0.25, -0.2) is 0 Å². The van der Waals surface area contributed by atoms with Crippen LogP contribution in [0.15, 0.2) is 42.5 Å². The van der Waals surface area contributed by atoms with E-state index in [2.05, 4.69) is 26.0 Å². The van der Waals surface area contributed by atoms with Crippen LogP contribution in [0.25, 0.3) is 0 Å². The molecule has 1 nitrogen and oxygen atoms in total. The van der Waals surface area contributed by atoms with Crippen molar-refractivity contribution in [2.75, 3.05) is 0 Å². The van der Waals surface area contributed by atoms with Crippen molar-refractivity contribution < 1.29 is 4.79 Å².